The van der Waals surface area contributed by atoms with E-state index in [9.17, 15) is 0 Å². The molecule has 0 saturated heterocycles. The third-order valence-corrected chi connectivity index (χ3v) is 4.28. The van der Waals surface area contributed by atoms with Crippen molar-refractivity contribution in [3.63, 3.8) is 0 Å². The third kappa shape index (κ3) is 2.40. The lowest BCUT2D eigenvalue weighted by Gasteiger charge is -1.93. The lowest BCUT2D eigenvalue weighted by molar-refractivity contribution is 1.06. The predicted octanol–water partition coefficient (Wildman–Crippen LogP) is 4.04. The van der Waals surface area contributed by atoms with Gasteiger partial charge in [0.25, 0.3) is 0 Å². The molecule has 2 heterocycles. The number of rotatable bonds is 3. The number of aromatic amines is 2. The first-order valence-electron chi connectivity index (χ1n) is 6.81. The number of para-hydroxylation sites is 2. The van der Waals surface area contributed by atoms with Crippen LogP contribution < -0.4 is 0 Å². The van der Waals surface area contributed by atoms with Gasteiger partial charge in [-0.2, -0.15) is 0 Å². The molecule has 0 atom stereocenters. The number of thioether (sulfide) groups is 1. The number of H-pyrrole nitrogens is 2. The molecule has 104 valence electrons. The fourth-order valence-electron chi connectivity index (χ4n) is 2.38. The highest BCUT2D eigenvalue weighted by atomic mass is 32.2. The minimum atomic E-state index is 0.771. The average Bonchev–Trinajstić information content (AvgIpc) is 3.07. The number of aryl methyl sites for hydroxylation is 1. The average molecular weight is 294 g/mol. The number of aromatic nitrogens is 4. The molecule has 0 amide bonds. The Bertz CT molecular complexity index is 889. The molecule has 2 aromatic carbocycles. The van der Waals surface area contributed by atoms with Crippen LogP contribution in [0.25, 0.3) is 22.1 Å². The normalized spacial score (nSPS) is 11.5. The van der Waals surface area contributed by atoms with Crippen LogP contribution in [-0.2, 0) is 5.75 Å². The van der Waals surface area contributed by atoms with Crippen molar-refractivity contribution in [1.29, 1.82) is 0 Å². The number of hydrogen-bond acceptors (Lipinski definition) is 3. The van der Waals surface area contributed by atoms with Crippen molar-refractivity contribution in [3.05, 3.63) is 53.9 Å². The predicted molar refractivity (Wildman–Crippen MR) is 86.5 cm³/mol. The first-order valence-corrected chi connectivity index (χ1v) is 7.79. The fraction of sp³-hybridized carbons (Fsp3) is 0.125. The maximum atomic E-state index is 4.59. The Morgan fingerprint density at radius 1 is 0.952 bits per heavy atom. The SMILES string of the molecule is Cc1ccc2nc(SCc3nc4ccccc4[nH]3)[nH]c2c1. The van der Waals surface area contributed by atoms with E-state index in [2.05, 4.69) is 39.0 Å². The van der Waals surface area contributed by atoms with Crippen molar-refractivity contribution in [2.45, 2.75) is 17.8 Å². The van der Waals surface area contributed by atoms with Gasteiger partial charge in [0, 0.05) is 0 Å². The Labute approximate surface area is 126 Å². The van der Waals surface area contributed by atoms with E-state index < -0.39 is 0 Å². The first-order chi connectivity index (χ1) is 10.3. The van der Waals surface area contributed by atoms with Crippen molar-refractivity contribution in [2.75, 3.05) is 0 Å². The van der Waals surface area contributed by atoms with Gasteiger partial charge in [0.15, 0.2) is 5.16 Å². The Morgan fingerprint density at radius 3 is 2.71 bits per heavy atom. The van der Waals surface area contributed by atoms with Crippen molar-refractivity contribution in [3.8, 4) is 0 Å². The molecule has 2 N–H and O–H groups in total. The van der Waals surface area contributed by atoms with Crippen molar-refractivity contribution in [1.82, 2.24) is 19.9 Å². The van der Waals surface area contributed by atoms with Gasteiger partial charge >= 0.3 is 0 Å². The van der Waals surface area contributed by atoms with Crippen molar-refractivity contribution in [2.24, 2.45) is 0 Å². The number of fused-ring (bicyclic) bond motifs is 2. The highest BCUT2D eigenvalue weighted by Gasteiger charge is 2.06. The van der Waals surface area contributed by atoms with E-state index in [0.717, 1.165) is 38.8 Å². The summed E-state index contributed by atoms with van der Waals surface area (Å²) in [5.41, 5.74) is 5.41. The Morgan fingerprint density at radius 2 is 1.81 bits per heavy atom. The summed E-state index contributed by atoms with van der Waals surface area (Å²) in [7, 11) is 0. The highest BCUT2D eigenvalue weighted by Crippen LogP contribution is 2.23. The van der Waals surface area contributed by atoms with Gasteiger partial charge in [-0.15, -0.1) is 0 Å². The Balaban J connectivity index is 1.57. The molecule has 21 heavy (non-hydrogen) atoms. The lowest BCUT2D eigenvalue weighted by Crippen LogP contribution is -1.84. The summed E-state index contributed by atoms with van der Waals surface area (Å²) >= 11 is 1.66. The molecule has 2 aromatic heterocycles. The second-order valence-electron chi connectivity index (χ2n) is 5.05. The van der Waals surface area contributed by atoms with Crippen molar-refractivity contribution >= 4 is 33.8 Å². The molecule has 0 aliphatic heterocycles. The molecule has 5 heteroatoms. The Hall–Kier alpha value is -2.27. The van der Waals surface area contributed by atoms with E-state index in [1.165, 1.54) is 5.56 Å². The summed E-state index contributed by atoms with van der Waals surface area (Å²) in [6.45, 7) is 2.08. The van der Waals surface area contributed by atoms with Gasteiger partial charge in [-0.05, 0) is 36.8 Å². The monoisotopic (exact) mass is 294 g/mol. The van der Waals surface area contributed by atoms with Crippen LogP contribution in [0.4, 0.5) is 0 Å². The molecule has 4 rings (SSSR count). The maximum absolute atomic E-state index is 4.59. The summed E-state index contributed by atoms with van der Waals surface area (Å²) < 4.78 is 0. The van der Waals surface area contributed by atoms with Gasteiger partial charge in [-0.3, -0.25) is 0 Å². The molecule has 0 spiro atoms. The van der Waals surface area contributed by atoms with E-state index in [1.807, 2.05) is 30.3 Å². The van der Waals surface area contributed by atoms with Gasteiger partial charge < -0.3 is 9.97 Å². The molecular weight excluding hydrogens is 280 g/mol. The summed E-state index contributed by atoms with van der Waals surface area (Å²) in [4.78, 5) is 15.9. The van der Waals surface area contributed by atoms with Gasteiger partial charge in [-0.25, -0.2) is 9.97 Å². The molecule has 4 aromatic rings. The smallest absolute Gasteiger partial charge is 0.166 e. The quantitative estimate of drug-likeness (QED) is 0.561. The third-order valence-electron chi connectivity index (χ3n) is 3.40. The molecule has 0 fully saturated rings. The zero-order chi connectivity index (χ0) is 14.2. The highest BCUT2D eigenvalue weighted by molar-refractivity contribution is 7.98. The van der Waals surface area contributed by atoms with Gasteiger partial charge in [0.2, 0.25) is 0 Å². The summed E-state index contributed by atoms with van der Waals surface area (Å²) in [6, 6.07) is 14.3. The zero-order valence-corrected chi connectivity index (χ0v) is 12.4. The molecule has 0 saturated carbocycles. The van der Waals surface area contributed by atoms with Crippen LogP contribution in [0.1, 0.15) is 11.4 Å². The van der Waals surface area contributed by atoms with E-state index in [0.29, 0.717) is 0 Å². The largest absolute Gasteiger partial charge is 0.341 e. The molecule has 0 bridgehead atoms. The standard InChI is InChI=1S/C16H14N4S/c1-10-6-7-13-14(8-10)20-16(19-13)21-9-15-17-11-4-2-3-5-12(11)18-15/h2-8H,9H2,1H3,(H,17,18)(H,19,20). The number of benzene rings is 2. The summed E-state index contributed by atoms with van der Waals surface area (Å²) in [5.74, 6) is 1.74. The van der Waals surface area contributed by atoms with Crippen LogP contribution in [0.15, 0.2) is 47.6 Å². The topological polar surface area (TPSA) is 57.4 Å². The van der Waals surface area contributed by atoms with E-state index in [4.69, 9.17) is 0 Å². The fourth-order valence-corrected chi connectivity index (χ4v) is 3.13. The van der Waals surface area contributed by atoms with Crippen molar-refractivity contribution < 1.29 is 0 Å². The molecule has 0 unspecified atom stereocenters. The van der Waals surface area contributed by atoms with Crippen LogP contribution >= 0.6 is 11.8 Å². The van der Waals surface area contributed by atoms with Crippen LogP contribution in [0.2, 0.25) is 0 Å². The molecule has 0 radical (unpaired) electrons. The summed E-state index contributed by atoms with van der Waals surface area (Å²) in [6.07, 6.45) is 0. The number of imidazole rings is 2. The molecule has 0 aliphatic rings. The second-order valence-corrected chi connectivity index (χ2v) is 6.02. The summed E-state index contributed by atoms with van der Waals surface area (Å²) in [5, 5.41) is 0.927. The van der Waals surface area contributed by atoms with Gasteiger partial charge in [0.05, 0.1) is 27.8 Å². The molecule has 4 nitrogen and oxygen atoms in total. The number of hydrogen-bond donors (Lipinski definition) is 2. The molecule has 0 aliphatic carbocycles. The van der Waals surface area contributed by atoms with E-state index in [-0.39, 0.29) is 0 Å². The minimum Gasteiger partial charge on any atom is -0.341 e. The lowest BCUT2D eigenvalue weighted by atomic mass is 10.2. The first kappa shape index (κ1) is 12.5. The zero-order valence-electron chi connectivity index (χ0n) is 11.6. The molecular formula is C16H14N4S. The van der Waals surface area contributed by atoms with E-state index in [1.54, 1.807) is 11.8 Å². The van der Waals surface area contributed by atoms with Gasteiger partial charge in [-0.1, -0.05) is 30.0 Å². The van der Waals surface area contributed by atoms with Crippen LogP contribution in [-0.4, -0.2) is 19.9 Å². The van der Waals surface area contributed by atoms with Crippen LogP contribution in [0.5, 0.6) is 0 Å². The second kappa shape index (κ2) is 4.93. The van der Waals surface area contributed by atoms with E-state index >= 15 is 0 Å². The minimum absolute atomic E-state index is 0.771. The van der Waals surface area contributed by atoms with Gasteiger partial charge in [0.1, 0.15) is 5.82 Å². The maximum Gasteiger partial charge on any atom is 0.166 e. The van der Waals surface area contributed by atoms with Crippen LogP contribution in [0, 0.1) is 6.92 Å². The number of nitrogens with zero attached hydrogens (tertiary/aromatic N) is 2. The van der Waals surface area contributed by atoms with Crippen LogP contribution in [0.3, 0.4) is 0 Å². The number of nitrogens with one attached hydrogen (secondary N) is 2. The Kier molecular flexibility index (Phi) is 2.93.